The van der Waals surface area contributed by atoms with E-state index < -0.39 is 23.1 Å². The maximum absolute atomic E-state index is 12.6. The number of halogens is 4. The average Bonchev–Trinajstić information content (AvgIpc) is 2.37. The first kappa shape index (κ1) is 15.1. The van der Waals surface area contributed by atoms with Crippen molar-refractivity contribution in [2.24, 2.45) is 0 Å². The number of anilines is 1. The lowest BCUT2D eigenvalue weighted by atomic mass is 10.2. The van der Waals surface area contributed by atoms with Gasteiger partial charge < -0.3 is 10.3 Å². The molecule has 2 aromatic rings. The van der Waals surface area contributed by atoms with E-state index in [1.807, 2.05) is 0 Å². The Morgan fingerprint density at radius 2 is 1.95 bits per heavy atom. The highest BCUT2D eigenvalue weighted by Gasteiger charge is 2.31. The Hall–Kier alpha value is -2.28. The zero-order valence-electron chi connectivity index (χ0n) is 10.3. The van der Waals surface area contributed by atoms with Crippen molar-refractivity contribution in [3.63, 3.8) is 0 Å². The van der Waals surface area contributed by atoms with Gasteiger partial charge in [-0.15, -0.1) is 0 Å². The minimum absolute atomic E-state index is 0.150. The smallest absolute Gasteiger partial charge is 0.367 e. The summed E-state index contributed by atoms with van der Waals surface area (Å²) in [5.74, 6) is -0.827. The molecule has 8 heteroatoms. The molecule has 0 saturated heterocycles. The zero-order valence-corrected chi connectivity index (χ0v) is 11.0. The summed E-state index contributed by atoms with van der Waals surface area (Å²) in [6.07, 6.45) is -2.10. The maximum atomic E-state index is 12.6. The number of carbonyl (C=O) groups is 1. The normalized spacial score (nSPS) is 11.2. The number of pyridine rings is 1. The molecule has 1 amide bonds. The number of rotatable bonds is 2. The molecule has 0 aliphatic heterocycles. The molecule has 110 valence electrons. The molecule has 0 unspecified atom stereocenters. The van der Waals surface area contributed by atoms with Gasteiger partial charge in [0.25, 0.3) is 5.91 Å². The molecule has 1 aromatic heterocycles. The molecule has 21 heavy (non-hydrogen) atoms. The largest absolute Gasteiger partial charge is 0.416 e. The SMILES string of the molecule is O=C(Nc1cc(Cl)cc(C(F)(F)F)c1)c1c[nH]ccc1=O. The zero-order chi connectivity index (χ0) is 15.6. The van der Waals surface area contributed by atoms with Crippen LogP contribution in [0.1, 0.15) is 15.9 Å². The standard InChI is InChI=1S/C13H8ClF3N2O2/c14-8-3-7(13(15,16)17)4-9(5-8)19-12(21)10-6-18-2-1-11(10)20/h1-6H,(H,18,20)(H,19,21). The van der Waals surface area contributed by atoms with E-state index in [0.29, 0.717) is 0 Å². The van der Waals surface area contributed by atoms with Gasteiger partial charge in [0.1, 0.15) is 5.56 Å². The lowest BCUT2D eigenvalue weighted by Crippen LogP contribution is -2.21. The summed E-state index contributed by atoms with van der Waals surface area (Å²) < 4.78 is 37.9. The number of carbonyl (C=O) groups excluding carboxylic acids is 1. The number of benzene rings is 1. The van der Waals surface area contributed by atoms with Crippen molar-refractivity contribution >= 4 is 23.2 Å². The van der Waals surface area contributed by atoms with Crippen LogP contribution in [0, 0.1) is 0 Å². The number of hydrogen-bond acceptors (Lipinski definition) is 2. The number of amides is 1. The van der Waals surface area contributed by atoms with Gasteiger partial charge in [0, 0.05) is 29.2 Å². The van der Waals surface area contributed by atoms with E-state index in [-0.39, 0.29) is 16.3 Å². The minimum atomic E-state index is -4.59. The molecule has 0 aliphatic carbocycles. The summed E-state index contributed by atoms with van der Waals surface area (Å²) in [5.41, 5.74) is -1.91. The van der Waals surface area contributed by atoms with Crippen LogP contribution < -0.4 is 10.7 Å². The van der Waals surface area contributed by atoms with Gasteiger partial charge in [-0.3, -0.25) is 9.59 Å². The van der Waals surface area contributed by atoms with Crippen molar-refractivity contribution in [1.82, 2.24) is 4.98 Å². The lowest BCUT2D eigenvalue weighted by Gasteiger charge is -2.10. The quantitative estimate of drug-likeness (QED) is 0.893. The number of aromatic nitrogens is 1. The Balaban J connectivity index is 2.32. The predicted octanol–water partition coefficient (Wildman–Crippen LogP) is 3.30. The second-order valence-electron chi connectivity index (χ2n) is 4.10. The average molecular weight is 317 g/mol. The first-order chi connectivity index (χ1) is 9.77. The molecule has 0 atom stereocenters. The van der Waals surface area contributed by atoms with Crippen LogP contribution >= 0.6 is 11.6 Å². The Morgan fingerprint density at radius 1 is 1.24 bits per heavy atom. The van der Waals surface area contributed by atoms with E-state index in [4.69, 9.17) is 11.6 Å². The molecule has 4 nitrogen and oxygen atoms in total. The fraction of sp³-hybridized carbons (Fsp3) is 0.0769. The third kappa shape index (κ3) is 3.63. The van der Waals surface area contributed by atoms with Crippen molar-refractivity contribution < 1.29 is 18.0 Å². The number of alkyl halides is 3. The van der Waals surface area contributed by atoms with E-state index in [1.54, 1.807) is 0 Å². The molecule has 1 heterocycles. The Bertz CT molecular complexity index is 741. The molecular weight excluding hydrogens is 309 g/mol. The van der Waals surface area contributed by atoms with Crippen LogP contribution in [0.25, 0.3) is 0 Å². The Labute approximate surface area is 121 Å². The highest BCUT2D eigenvalue weighted by Crippen LogP contribution is 2.33. The summed E-state index contributed by atoms with van der Waals surface area (Å²) in [5, 5.41) is 2.03. The minimum Gasteiger partial charge on any atom is -0.367 e. The molecule has 0 saturated carbocycles. The molecule has 0 bridgehead atoms. The van der Waals surface area contributed by atoms with Crippen molar-refractivity contribution in [3.05, 3.63) is 63.0 Å². The molecule has 0 aliphatic rings. The molecule has 0 spiro atoms. The summed E-state index contributed by atoms with van der Waals surface area (Å²) >= 11 is 5.60. The van der Waals surface area contributed by atoms with Crippen LogP contribution in [0.3, 0.4) is 0 Å². The second kappa shape index (κ2) is 5.61. The molecule has 0 fully saturated rings. The van der Waals surface area contributed by atoms with Crippen molar-refractivity contribution in [2.75, 3.05) is 5.32 Å². The van der Waals surface area contributed by atoms with Gasteiger partial charge in [0.05, 0.1) is 5.56 Å². The van der Waals surface area contributed by atoms with Gasteiger partial charge in [-0.1, -0.05) is 11.6 Å². The molecule has 2 N–H and O–H groups in total. The van der Waals surface area contributed by atoms with Crippen LogP contribution in [0.5, 0.6) is 0 Å². The van der Waals surface area contributed by atoms with Gasteiger partial charge in [-0.25, -0.2) is 0 Å². The van der Waals surface area contributed by atoms with Gasteiger partial charge in [-0.2, -0.15) is 13.2 Å². The number of hydrogen-bond donors (Lipinski definition) is 2. The van der Waals surface area contributed by atoms with Crippen LogP contribution in [0.15, 0.2) is 41.5 Å². The molecule has 1 aromatic carbocycles. The van der Waals surface area contributed by atoms with Crippen molar-refractivity contribution in [2.45, 2.75) is 6.18 Å². The van der Waals surface area contributed by atoms with Crippen LogP contribution in [-0.4, -0.2) is 10.9 Å². The summed E-state index contributed by atoms with van der Waals surface area (Å²) in [6.45, 7) is 0. The highest BCUT2D eigenvalue weighted by atomic mass is 35.5. The van der Waals surface area contributed by atoms with Crippen LogP contribution in [0.4, 0.5) is 18.9 Å². The van der Waals surface area contributed by atoms with E-state index in [0.717, 1.165) is 30.5 Å². The highest BCUT2D eigenvalue weighted by molar-refractivity contribution is 6.31. The predicted molar refractivity (Wildman–Crippen MR) is 71.5 cm³/mol. The fourth-order valence-corrected chi connectivity index (χ4v) is 1.85. The topological polar surface area (TPSA) is 62.0 Å². The van der Waals surface area contributed by atoms with E-state index in [2.05, 4.69) is 10.3 Å². The molecule has 2 rings (SSSR count). The molecule has 0 radical (unpaired) electrons. The fourth-order valence-electron chi connectivity index (χ4n) is 1.62. The Kier molecular flexibility index (Phi) is 4.04. The summed E-state index contributed by atoms with van der Waals surface area (Å²) in [4.78, 5) is 25.9. The first-order valence-corrected chi connectivity index (χ1v) is 6.01. The van der Waals surface area contributed by atoms with E-state index >= 15 is 0 Å². The van der Waals surface area contributed by atoms with E-state index in [9.17, 15) is 22.8 Å². The Morgan fingerprint density at radius 3 is 2.57 bits per heavy atom. The van der Waals surface area contributed by atoms with E-state index in [1.165, 1.54) is 6.20 Å². The van der Waals surface area contributed by atoms with Gasteiger partial charge in [0.15, 0.2) is 5.43 Å². The maximum Gasteiger partial charge on any atom is 0.416 e. The lowest BCUT2D eigenvalue weighted by molar-refractivity contribution is -0.137. The van der Waals surface area contributed by atoms with Crippen LogP contribution in [-0.2, 0) is 6.18 Å². The summed E-state index contributed by atoms with van der Waals surface area (Å²) in [7, 11) is 0. The van der Waals surface area contributed by atoms with Crippen LogP contribution in [0.2, 0.25) is 5.02 Å². The monoisotopic (exact) mass is 316 g/mol. The summed E-state index contributed by atoms with van der Waals surface area (Å²) in [6, 6.07) is 3.77. The first-order valence-electron chi connectivity index (χ1n) is 5.63. The second-order valence-corrected chi connectivity index (χ2v) is 4.54. The van der Waals surface area contributed by atoms with Gasteiger partial charge in [0.2, 0.25) is 0 Å². The number of H-pyrrole nitrogens is 1. The van der Waals surface area contributed by atoms with Gasteiger partial charge in [-0.05, 0) is 18.2 Å². The molecular formula is C13H8ClF3N2O2. The van der Waals surface area contributed by atoms with Crippen molar-refractivity contribution in [3.8, 4) is 0 Å². The number of nitrogens with one attached hydrogen (secondary N) is 2. The van der Waals surface area contributed by atoms with Gasteiger partial charge >= 0.3 is 6.18 Å². The van der Waals surface area contributed by atoms with Crippen molar-refractivity contribution in [1.29, 1.82) is 0 Å². The third-order valence-corrected chi connectivity index (χ3v) is 2.77. The third-order valence-electron chi connectivity index (χ3n) is 2.55. The number of aromatic amines is 1.